The number of carboxylic acids is 1. The van der Waals surface area contributed by atoms with Crippen LogP contribution in [0, 0.1) is 6.92 Å². The van der Waals surface area contributed by atoms with Gasteiger partial charge in [0.25, 0.3) is 0 Å². The molecule has 0 aliphatic heterocycles. The van der Waals surface area contributed by atoms with Crippen LogP contribution in [-0.4, -0.2) is 20.6 Å². The highest BCUT2D eigenvalue weighted by atomic mass is 16.4. The maximum atomic E-state index is 10.9. The Morgan fingerprint density at radius 2 is 2.06 bits per heavy atom. The minimum atomic E-state index is -0.833. The van der Waals surface area contributed by atoms with Gasteiger partial charge in [-0.3, -0.25) is 4.79 Å². The summed E-state index contributed by atoms with van der Waals surface area (Å²) in [4.78, 5) is 15.1. The Morgan fingerprint density at radius 3 is 2.67 bits per heavy atom. The Balaban J connectivity index is 2.36. The molecule has 0 fully saturated rings. The highest BCUT2D eigenvalue weighted by Gasteiger charge is 2.16. The molecule has 1 unspecified atom stereocenters. The van der Waals surface area contributed by atoms with Crippen LogP contribution in [-0.2, 0) is 11.2 Å². The van der Waals surface area contributed by atoms with E-state index < -0.39 is 5.97 Å². The maximum absolute atomic E-state index is 10.9. The summed E-state index contributed by atoms with van der Waals surface area (Å²) >= 11 is 0. The number of aromatic nitrogens is 2. The Bertz CT molecular complexity index is 546. The zero-order valence-corrected chi connectivity index (χ0v) is 10.5. The van der Waals surface area contributed by atoms with E-state index in [9.17, 15) is 4.79 Å². The number of aryl methyl sites for hydroxylation is 1. The molecule has 0 spiro atoms. The van der Waals surface area contributed by atoms with Crippen molar-refractivity contribution in [2.45, 2.75) is 26.3 Å². The lowest BCUT2D eigenvalue weighted by Gasteiger charge is -2.16. The second-order valence-corrected chi connectivity index (χ2v) is 4.34. The molecule has 0 saturated heterocycles. The zero-order valence-electron chi connectivity index (χ0n) is 10.5. The van der Waals surface area contributed by atoms with Crippen LogP contribution in [0.3, 0.4) is 0 Å². The van der Waals surface area contributed by atoms with E-state index in [1.54, 1.807) is 6.33 Å². The Hall–Kier alpha value is -2.10. The highest BCUT2D eigenvalue weighted by Crippen LogP contribution is 2.21. The summed E-state index contributed by atoms with van der Waals surface area (Å²) in [5.41, 5.74) is 2.68. The molecule has 2 aromatic rings. The van der Waals surface area contributed by atoms with Crippen molar-refractivity contribution in [3.63, 3.8) is 0 Å². The summed E-state index contributed by atoms with van der Waals surface area (Å²) in [5.74, 6) is -0.833. The standard InChI is InChI=1S/C14H16N2O2/c1-10-13(8-14(17)18)16(9-15-10)11(2)12-6-4-3-5-7-12/h3-7,9,11H,8H2,1-2H3,(H,17,18). The van der Waals surface area contributed by atoms with Gasteiger partial charge in [-0.1, -0.05) is 30.3 Å². The van der Waals surface area contributed by atoms with Gasteiger partial charge in [0.2, 0.25) is 0 Å². The molecule has 0 saturated carbocycles. The van der Waals surface area contributed by atoms with Crippen LogP contribution >= 0.6 is 0 Å². The predicted octanol–water partition coefficient (Wildman–Crippen LogP) is 2.43. The molecule has 94 valence electrons. The molecular weight excluding hydrogens is 228 g/mol. The van der Waals surface area contributed by atoms with Crippen LogP contribution < -0.4 is 0 Å². The van der Waals surface area contributed by atoms with Crippen molar-refractivity contribution in [3.05, 3.63) is 53.6 Å². The molecular formula is C14H16N2O2. The Kier molecular flexibility index (Phi) is 3.46. The van der Waals surface area contributed by atoms with Crippen LogP contribution in [0.4, 0.5) is 0 Å². The van der Waals surface area contributed by atoms with E-state index in [2.05, 4.69) is 4.98 Å². The van der Waals surface area contributed by atoms with Gasteiger partial charge in [-0.25, -0.2) is 4.98 Å². The highest BCUT2D eigenvalue weighted by molar-refractivity contribution is 5.70. The quantitative estimate of drug-likeness (QED) is 0.898. The number of aliphatic carboxylic acids is 1. The predicted molar refractivity (Wildman–Crippen MR) is 68.6 cm³/mol. The van der Waals surface area contributed by atoms with E-state index in [1.165, 1.54) is 0 Å². The van der Waals surface area contributed by atoms with E-state index in [-0.39, 0.29) is 12.5 Å². The van der Waals surface area contributed by atoms with Gasteiger partial charge in [-0.2, -0.15) is 0 Å². The van der Waals surface area contributed by atoms with Crippen LogP contribution in [0.15, 0.2) is 36.7 Å². The van der Waals surface area contributed by atoms with E-state index in [0.717, 1.165) is 17.0 Å². The number of hydrogen-bond acceptors (Lipinski definition) is 2. The minimum absolute atomic E-state index is 0.00298. The molecule has 1 heterocycles. The molecule has 0 aliphatic carbocycles. The second-order valence-electron chi connectivity index (χ2n) is 4.34. The van der Waals surface area contributed by atoms with E-state index in [0.29, 0.717) is 0 Å². The van der Waals surface area contributed by atoms with Crippen molar-refractivity contribution in [3.8, 4) is 0 Å². The van der Waals surface area contributed by atoms with Gasteiger partial charge < -0.3 is 9.67 Å². The Morgan fingerprint density at radius 1 is 1.39 bits per heavy atom. The van der Waals surface area contributed by atoms with Crippen molar-refractivity contribution in [1.29, 1.82) is 0 Å². The number of rotatable bonds is 4. The average molecular weight is 244 g/mol. The fraction of sp³-hybridized carbons (Fsp3) is 0.286. The molecule has 1 aromatic carbocycles. The molecule has 4 nitrogen and oxygen atoms in total. The topological polar surface area (TPSA) is 55.1 Å². The van der Waals surface area contributed by atoms with Gasteiger partial charge in [0.05, 0.1) is 30.2 Å². The number of imidazole rings is 1. The van der Waals surface area contributed by atoms with E-state index in [1.807, 2.05) is 48.7 Å². The molecule has 0 aliphatic rings. The number of hydrogen-bond donors (Lipinski definition) is 1. The van der Waals surface area contributed by atoms with Gasteiger partial charge in [0.15, 0.2) is 0 Å². The zero-order chi connectivity index (χ0) is 13.1. The molecule has 1 aromatic heterocycles. The van der Waals surface area contributed by atoms with Crippen molar-refractivity contribution in [2.75, 3.05) is 0 Å². The molecule has 0 amide bonds. The molecule has 2 rings (SSSR count). The van der Waals surface area contributed by atoms with Gasteiger partial charge in [-0.15, -0.1) is 0 Å². The summed E-state index contributed by atoms with van der Waals surface area (Å²) in [6, 6.07) is 10.1. The van der Waals surface area contributed by atoms with E-state index in [4.69, 9.17) is 5.11 Å². The summed E-state index contributed by atoms with van der Waals surface area (Å²) in [5, 5.41) is 8.95. The fourth-order valence-corrected chi connectivity index (χ4v) is 2.07. The maximum Gasteiger partial charge on any atom is 0.309 e. The van der Waals surface area contributed by atoms with Crippen LogP contribution in [0.25, 0.3) is 0 Å². The third-order valence-corrected chi connectivity index (χ3v) is 3.12. The lowest BCUT2D eigenvalue weighted by atomic mass is 10.1. The van der Waals surface area contributed by atoms with Crippen molar-refractivity contribution in [1.82, 2.24) is 9.55 Å². The lowest BCUT2D eigenvalue weighted by Crippen LogP contribution is -2.13. The Labute approximate surface area is 106 Å². The van der Waals surface area contributed by atoms with Crippen molar-refractivity contribution < 1.29 is 9.90 Å². The lowest BCUT2D eigenvalue weighted by molar-refractivity contribution is -0.136. The van der Waals surface area contributed by atoms with Crippen LogP contribution in [0.2, 0.25) is 0 Å². The first-order valence-electron chi connectivity index (χ1n) is 5.88. The minimum Gasteiger partial charge on any atom is -0.481 e. The summed E-state index contributed by atoms with van der Waals surface area (Å²) in [7, 11) is 0. The summed E-state index contributed by atoms with van der Waals surface area (Å²) in [6.07, 6.45) is 1.72. The number of carbonyl (C=O) groups is 1. The molecule has 4 heteroatoms. The number of nitrogens with zero attached hydrogens (tertiary/aromatic N) is 2. The fourth-order valence-electron chi connectivity index (χ4n) is 2.07. The molecule has 18 heavy (non-hydrogen) atoms. The summed E-state index contributed by atoms with van der Waals surface area (Å²) in [6.45, 7) is 3.88. The molecule has 1 atom stereocenters. The van der Waals surface area contributed by atoms with Gasteiger partial charge in [0.1, 0.15) is 0 Å². The van der Waals surface area contributed by atoms with Gasteiger partial charge in [-0.05, 0) is 19.4 Å². The normalized spacial score (nSPS) is 12.3. The van der Waals surface area contributed by atoms with Crippen LogP contribution in [0.5, 0.6) is 0 Å². The molecule has 1 N–H and O–H groups in total. The smallest absolute Gasteiger partial charge is 0.309 e. The van der Waals surface area contributed by atoms with Crippen molar-refractivity contribution >= 4 is 5.97 Å². The monoisotopic (exact) mass is 244 g/mol. The van der Waals surface area contributed by atoms with Crippen molar-refractivity contribution in [2.24, 2.45) is 0 Å². The second kappa shape index (κ2) is 5.04. The summed E-state index contributed by atoms with van der Waals surface area (Å²) < 4.78 is 1.93. The number of carboxylic acid groups (broad SMARTS) is 1. The van der Waals surface area contributed by atoms with Gasteiger partial charge >= 0.3 is 5.97 Å². The van der Waals surface area contributed by atoms with Gasteiger partial charge in [0, 0.05) is 0 Å². The van der Waals surface area contributed by atoms with E-state index >= 15 is 0 Å². The largest absolute Gasteiger partial charge is 0.481 e. The first kappa shape index (κ1) is 12.4. The SMILES string of the molecule is Cc1ncn(C(C)c2ccccc2)c1CC(=O)O. The number of benzene rings is 1. The first-order valence-corrected chi connectivity index (χ1v) is 5.88. The van der Waals surface area contributed by atoms with Crippen LogP contribution in [0.1, 0.15) is 29.9 Å². The average Bonchev–Trinajstić information content (AvgIpc) is 2.71. The molecule has 0 radical (unpaired) electrons. The first-order chi connectivity index (χ1) is 8.59. The third kappa shape index (κ3) is 2.42. The molecule has 0 bridgehead atoms. The third-order valence-electron chi connectivity index (χ3n) is 3.12.